The Morgan fingerprint density at radius 3 is 1.13 bits per heavy atom. The zero-order chi connectivity index (χ0) is 47.4. The summed E-state index contributed by atoms with van der Waals surface area (Å²) in [4.78, 5) is 49.9. The third-order valence-corrected chi connectivity index (χ3v) is 11.7. The number of hydrogen-bond donors (Lipinski definition) is 0. The molecule has 344 valence electrons. The third-order valence-electron chi connectivity index (χ3n) is 9.81. The Morgan fingerprint density at radius 1 is 0.478 bits per heavy atom. The molecule has 14 nitrogen and oxygen atoms in total. The van der Waals surface area contributed by atoms with E-state index in [1.807, 2.05) is 116 Å². The second-order valence-corrected chi connectivity index (χ2v) is 17.7. The molecular formula is C51H50N6O8S2. The number of nitrogens with zero attached hydrogens (tertiary/aromatic N) is 6. The van der Waals surface area contributed by atoms with Crippen LogP contribution >= 0.6 is 11.8 Å². The van der Waals surface area contributed by atoms with Crippen LogP contribution in [0.25, 0.3) is 0 Å². The summed E-state index contributed by atoms with van der Waals surface area (Å²) in [7, 11) is -3.23. The Hall–Kier alpha value is -7.56. The maximum Gasteiger partial charge on any atom is 0.257 e. The maximum absolute atomic E-state index is 12.2. The van der Waals surface area contributed by atoms with Crippen molar-refractivity contribution in [2.24, 2.45) is 0 Å². The molecule has 0 saturated heterocycles. The van der Waals surface area contributed by atoms with Gasteiger partial charge in [-0.25, -0.2) is 23.4 Å². The molecule has 3 aromatic heterocycles. The molecule has 0 N–H and O–H groups in total. The number of benzene rings is 5. The maximum atomic E-state index is 12.2. The number of rotatable bonds is 16. The number of aryl methyl sites for hydroxylation is 1. The minimum Gasteiger partial charge on any atom is -0.473 e. The van der Waals surface area contributed by atoms with Gasteiger partial charge in [-0.05, 0) is 65.3 Å². The zero-order valence-corrected chi connectivity index (χ0v) is 38.9. The monoisotopic (exact) mass is 938 g/mol. The van der Waals surface area contributed by atoms with Crippen LogP contribution in [0.1, 0.15) is 34.7 Å². The molecule has 0 saturated carbocycles. The van der Waals surface area contributed by atoms with Crippen molar-refractivity contribution in [3.8, 4) is 17.6 Å². The molecule has 0 atom stereocenters. The van der Waals surface area contributed by atoms with Crippen LogP contribution in [0.3, 0.4) is 0 Å². The number of hydrogen-bond acceptors (Lipinski definition) is 12. The van der Waals surface area contributed by atoms with E-state index >= 15 is 0 Å². The normalized spacial score (nSPS) is 10.7. The smallest absolute Gasteiger partial charge is 0.257 e. The summed E-state index contributed by atoms with van der Waals surface area (Å²) >= 11 is 1.70. The summed E-state index contributed by atoms with van der Waals surface area (Å²) in [5, 5.41) is 0. The summed E-state index contributed by atoms with van der Waals surface area (Å²) in [6.45, 7) is 4.47. The summed E-state index contributed by atoms with van der Waals surface area (Å²) in [5.74, 6) is 0.976. The van der Waals surface area contributed by atoms with Gasteiger partial charge in [0.1, 0.15) is 38.8 Å². The minimum atomic E-state index is -3.23. The molecule has 0 spiro atoms. The van der Waals surface area contributed by atoms with Crippen molar-refractivity contribution < 1.29 is 22.6 Å². The predicted molar refractivity (Wildman–Crippen MR) is 259 cm³/mol. The van der Waals surface area contributed by atoms with Crippen molar-refractivity contribution in [1.29, 1.82) is 0 Å². The molecule has 0 amide bonds. The Kier molecular flexibility index (Phi) is 18.0. The molecule has 0 radical (unpaired) electrons. The second kappa shape index (κ2) is 24.7. The topological polar surface area (TPSA) is 166 Å². The van der Waals surface area contributed by atoms with Gasteiger partial charge in [0.05, 0.1) is 36.2 Å². The first-order valence-corrected chi connectivity index (χ1v) is 24.2. The molecule has 3 heterocycles. The van der Waals surface area contributed by atoms with E-state index in [0.717, 1.165) is 34.1 Å². The van der Waals surface area contributed by atoms with Gasteiger partial charge in [-0.15, -0.1) is 11.8 Å². The van der Waals surface area contributed by atoms with Crippen molar-refractivity contribution in [3.63, 3.8) is 0 Å². The molecule has 0 bridgehead atoms. The SMILES string of the molecule is CCn1cnc(OCc2ccccc2)cc1=O.CS(=O)(=O)c1ccc(Cn2cnc(OCc3ccccc3)cc2=O)cc1.CSc1ccc(Cn2cnc(OCc3ccccc3)cc2=O)cc1. The van der Waals surface area contributed by atoms with E-state index in [-0.39, 0.29) is 27.5 Å². The highest BCUT2D eigenvalue weighted by molar-refractivity contribution is 7.98. The lowest BCUT2D eigenvalue weighted by molar-refractivity contribution is 0.291. The summed E-state index contributed by atoms with van der Waals surface area (Å²) in [6, 6.07) is 47.9. The van der Waals surface area contributed by atoms with Crippen LogP contribution < -0.4 is 30.9 Å². The largest absolute Gasteiger partial charge is 0.473 e. The fourth-order valence-corrected chi connectivity index (χ4v) is 7.14. The number of sulfone groups is 1. The third kappa shape index (κ3) is 15.8. The Bertz CT molecular complexity index is 3080. The van der Waals surface area contributed by atoms with Crippen LogP contribution in [0.5, 0.6) is 17.6 Å². The first kappa shape index (κ1) is 48.9. The minimum absolute atomic E-state index is 0.0921. The van der Waals surface area contributed by atoms with Gasteiger partial charge >= 0.3 is 0 Å². The Morgan fingerprint density at radius 2 is 0.821 bits per heavy atom. The highest BCUT2D eigenvalue weighted by Crippen LogP contribution is 2.16. The molecule has 5 aromatic carbocycles. The van der Waals surface area contributed by atoms with Crippen LogP contribution in [0.15, 0.2) is 201 Å². The Balaban J connectivity index is 0.000000169. The molecule has 0 aliphatic heterocycles. The second-order valence-electron chi connectivity index (χ2n) is 14.8. The fraction of sp³-hybridized carbons (Fsp3) is 0.176. The van der Waals surface area contributed by atoms with E-state index in [4.69, 9.17) is 14.2 Å². The van der Waals surface area contributed by atoms with E-state index in [2.05, 4.69) is 27.1 Å². The molecule has 16 heteroatoms. The number of aromatic nitrogens is 6. The van der Waals surface area contributed by atoms with Gasteiger partial charge in [0.2, 0.25) is 17.6 Å². The van der Waals surface area contributed by atoms with Crippen molar-refractivity contribution >= 4 is 21.6 Å². The number of ether oxygens (including phenoxy) is 3. The Labute approximate surface area is 393 Å². The van der Waals surface area contributed by atoms with Gasteiger partial charge in [-0.1, -0.05) is 115 Å². The van der Waals surface area contributed by atoms with Gasteiger partial charge in [-0.3, -0.25) is 28.1 Å². The highest BCUT2D eigenvalue weighted by Gasteiger charge is 2.08. The average molecular weight is 939 g/mol. The van der Waals surface area contributed by atoms with Crippen molar-refractivity contribution in [2.75, 3.05) is 12.5 Å². The molecule has 67 heavy (non-hydrogen) atoms. The van der Waals surface area contributed by atoms with E-state index in [1.54, 1.807) is 28.5 Å². The quantitative estimate of drug-likeness (QED) is 0.0868. The van der Waals surface area contributed by atoms with Gasteiger partial charge in [-0.2, -0.15) is 0 Å². The number of thioether (sulfide) groups is 1. The standard InChI is InChI=1S/C19H18N2O4S.C19H18N2O2S.C13H14N2O2/c1-26(23,24)17-9-7-15(8-10-17)12-21-14-20-18(11-19(21)22)25-13-16-5-3-2-4-6-16;1-24-17-9-7-15(8-10-17)12-21-14-20-18(11-19(21)22)23-13-16-5-3-2-4-6-16;1-2-15-10-14-12(8-13(15)16)17-9-11-6-4-3-5-7-11/h2-11,14H,12-13H2,1H3;2-11,14H,12-13H2,1H3;3-8,10H,2,9H2,1H3. The molecule has 8 rings (SSSR count). The molecular weight excluding hydrogens is 889 g/mol. The molecule has 0 aliphatic carbocycles. The lowest BCUT2D eigenvalue weighted by Crippen LogP contribution is -2.20. The first-order chi connectivity index (χ1) is 32.4. The van der Waals surface area contributed by atoms with Crippen LogP contribution in [0.4, 0.5) is 0 Å². The molecule has 0 aliphatic rings. The van der Waals surface area contributed by atoms with Gasteiger partial charge < -0.3 is 14.2 Å². The molecule has 0 fully saturated rings. The van der Waals surface area contributed by atoms with Crippen LogP contribution in [0, 0.1) is 0 Å². The van der Waals surface area contributed by atoms with Crippen molar-refractivity contribution in [3.05, 3.63) is 236 Å². The molecule has 0 unspecified atom stereocenters. The zero-order valence-electron chi connectivity index (χ0n) is 37.3. The lowest BCUT2D eigenvalue weighted by atomic mass is 10.2. The van der Waals surface area contributed by atoms with E-state index in [9.17, 15) is 22.8 Å². The van der Waals surface area contributed by atoms with Crippen LogP contribution in [-0.4, -0.2) is 49.6 Å². The van der Waals surface area contributed by atoms with Crippen LogP contribution in [0.2, 0.25) is 0 Å². The summed E-state index contributed by atoms with van der Waals surface area (Å²) in [6.07, 6.45) is 7.66. The summed E-state index contributed by atoms with van der Waals surface area (Å²) < 4.78 is 44.1. The van der Waals surface area contributed by atoms with Crippen LogP contribution in [-0.2, 0) is 49.3 Å². The van der Waals surface area contributed by atoms with E-state index < -0.39 is 9.84 Å². The molecule has 8 aromatic rings. The average Bonchev–Trinajstić information content (AvgIpc) is 3.35. The van der Waals surface area contributed by atoms with Crippen molar-refractivity contribution in [1.82, 2.24) is 28.7 Å². The van der Waals surface area contributed by atoms with Gasteiger partial charge in [0.15, 0.2) is 9.84 Å². The first-order valence-electron chi connectivity index (χ1n) is 21.1. The van der Waals surface area contributed by atoms with E-state index in [0.29, 0.717) is 51.2 Å². The summed E-state index contributed by atoms with van der Waals surface area (Å²) in [5.41, 5.74) is 4.49. The predicted octanol–water partition coefficient (Wildman–Crippen LogP) is 7.71. The van der Waals surface area contributed by atoms with Crippen molar-refractivity contribution in [2.45, 2.75) is 56.2 Å². The lowest BCUT2D eigenvalue weighted by Gasteiger charge is -2.08. The van der Waals surface area contributed by atoms with E-state index in [1.165, 1.54) is 63.3 Å². The van der Waals surface area contributed by atoms with Gasteiger partial charge in [0, 0.05) is 17.7 Å². The van der Waals surface area contributed by atoms with Gasteiger partial charge in [0.25, 0.3) is 16.7 Å². The highest BCUT2D eigenvalue weighted by atomic mass is 32.2. The fourth-order valence-electron chi connectivity index (χ4n) is 6.10.